The van der Waals surface area contributed by atoms with Gasteiger partial charge in [0.1, 0.15) is 0 Å². The van der Waals surface area contributed by atoms with Gasteiger partial charge < -0.3 is 5.32 Å². The van der Waals surface area contributed by atoms with Gasteiger partial charge in [0.15, 0.2) is 0 Å². The fourth-order valence-electron chi connectivity index (χ4n) is 0.761. The van der Waals surface area contributed by atoms with Crippen molar-refractivity contribution in [1.82, 2.24) is 5.32 Å². The van der Waals surface area contributed by atoms with Crippen molar-refractivity contribution < 1.29 is 0 Å². The Bertz CT molecular complexity index is 209. The highest BCUT2D eigenvalue weighted by atomic mass is 14.8. The van der Waals surface area contributed by atoms with Crippen LogP contribution >= 0.6 is 0 Å². The van der Waals surface area contributed by atoms with Gasteiger partial charge in [0.25, 0.3) is 0 Å². The molecule has 0 unspecified atom stereocenters. The fraction of sp³-hybridized carbons (Fsp3) is 0.273. The molecule has 0 rings (SSSR count). The summed E-state index contributed by atoms with van der Waals surface area (Å²) in [5, 5.41) is 3.05. The molecule has 0 bridgehead atoms. The van der Waals surface area contributed by atoms with E-state index in [1.165, 1.54) is 0 Å². The lowest BCUT2D eigenvalue weighted by Gasteiger charge is -2.03. The standard InChI is InChI=1S/C11H17N/c1-5-7-8-9-11(12-4)10(3)6-2/h6-9,12H,2-3,5H2,1,4H3/b8-7-,11-9+. The first-order chi connectivity index (χ1) is 5.76. The highest BCUT2D eigenvalue weighted by Gasteiger charge is 1.91. The normalized spacial score (nSPS) is 11.7. The SMILES string of the molecule is C=CC(=C)/C(=C\C=C/CC)NC. The van der Waals surface area contributed by atoms with Crippen LogP contribution in [0.25, 0.3) is 0 Å². The Kier molecular flexibility index (Phi) is 5.80. The molecule has 0 spiro atoms. The summed E-state index contributed by atoms with van der Waals surface area (Å²) < 4.78 is 0. The van der Waals surface area contributed by atoms with Crippen LogP contribution in [0, 0.1) is 0 Å². The molecule has 66 valence electrons. The summed E-state index contributed by atoms with van der Waals surface area (Å²) in [6.07, 6.45) is 8.89. The van der Waals surface area contributed by atoms with Crippen molar-refractivity contribution in [2.75, 3.05) is 7.05 Å². The molecule has 0 aromatic rings. The zero-order valence-corrected chi connectivity index (χ0v) is 7.93. The molecule has 0 aromatic heterocycles. The van der Waals surface area contributed by atoms with Crippen molar-refractivity contribution in [1.29, 1.82) is 0 Å². The third-order valence-electron chi connectivity index (χ3n) is 1.50. The summed E-state index contributed by atoms with van der Waals surface area (Å²) in [7, 11) is 1.88. The van der Waals surface area contributed by atoms with E-state index in [9.17, 15) is 0 Å². The molecule has 1 heteroatoms. The molecular weight excluding hydrogens is 146 g/mol. The van der Waals surface area contributed by atoms with Crippen molar-refractivity contribution in [3.63, 3.8) is 0 Å². The lowest BCUT2D eigenvalue weighted by Crippen LogP contribution is -2.06. The van der Waals surface area contributed by atoms with E-state index in [0.29, 0.717) is 0 Å². The number of hydrogen-bond acceptors (Lipinski definition) is 1. The van der Waals surface area contributed by atoms with Gasteiger partial charge in [-0.05, 0) is 18.1 Å². The second kappa shape index (κ2) is 6.47. The third-order valence-corrected chi connectivity index (χ3v) is 1.50. The maximum Gasteiger partial charge on any atom is 0.0404 e. The van der Waals surface area contributed by atoms with Gasteiger partial charge in [-0.1, -0.05) is 38.3 Å². The van der Waals surface area contributed by atoms with Gasteiger partial charge in [0, 0.05) is 12.7 Å². The molecule has 0 aliphatic rings. The minimum atomic E-state index is 0.915. The van der Waals surface area contributed by atoms with Gasteiger partial charge in [-0.15, -0.1) is 0 Å². The smallest absolute Gasteiger partial charge is 0.0404 e. The van der Waals surface area contributed by atoms with Gasteiger partial charge in [0.2, 0.25) is 0 Å². The average Bonchev–Trinajstić information content (AvgIpc) is 2.11. The van der Waals surface area contributed by atoms with Crippen LogP contribution in [-0.2, 0) is 0 Å². The largest absolute Gasteiger partial charge is 0.388 e. The number of allylic oxidation sites excluding steroid dienone is 4. The van der Waals surface area contributed by atoms with Crippen molar-refractivity contribution >= 4 is 0 Å². The predicted molar refractivity (Wildman–Crippen MR) is 55.9 cm³/mol. The summed E-state index contributed by atoms with van der Waals surface area (Å²) in [4.78, 5) is 0. The van der Waals surface area contributed by atoms with Crippen LogP contribution in [0.1, 0.15) is 13.3 Å². The Balaban J connectivity index is 4.32. The quantitative estimate of drug-likeness (QED) is 0.614. The summed E-state index contributed by atoms with van der Waals surface area (Å²) in [5.41, 5.74) is 1.92. The van der Waals surface area contributed by atoms with Crippen LogP contribution in [0.3, 0.4) is 0 Å². The molecule has 0 atom stereocenters. The van der Waals surface area contributed by atoms with Crippen LogP contribution in [0.4, 0.5) is 0 Å². The Morgan fingerprint density at radius 1 is 1.50 bits per heavy atom. The van der Waals surface area contributed by atoms with E-state index >= 15 is 0 Å². The number of nitrogens with one attached hydrogen (secondary N) is 1. The van der Waals surface area contributed by atoms with Gasteiger partial charge >= 0.3 is 0 Å². The van der Waals surface area contributed by atoms with Crippen LogP contribution in [0.2, 0.25) is 0 Å². The van der Waals surface area contributed by atoms with Crippen LogP contribution < -0.4 is 5.32 Å². The number of likely N-dealkylation sites (N-methyl/N-ethyl adjacent to an activating group) is 1. The van der Waals surface area contributed by atoms with E-state index in [0.717, 1.165) is 17.7 Å². The van der Waals surface area contributed by atoms with Crippen molar-refractivity contribution in [3.8, 4) is 0 Å². The van der Waals surface area contributed by atoms with Crippen LogP contribution in [0.15, 0.2) is 48.7 Å². The molecule has 0 amide bonds. The highest BCUT2D eigenvalue weighted by molar-refractivity contribution is 5.36. The zero-order chi connectivity index (χ0) is 9.40. The molecule has 0 aliphatic heterocycles. The summed E-state index contributed by atoms with van der Waals surface area (Å²) in [6, 6.07) is 0. The van der Waals surface area contributed by atoms with E-state index in [2.05, 4.69) is 31.5 Å². The van der Waals surface area contributed by atoms with Gasteiger partial charge in [-0.3, -0.25) is 0 Å². The van der Waals surface area contributed by atoms with Crippen molar-refractivity contribution in [2.45, 2.75) is 13.3 Å². The van der Waals surface area contributed by atoms with Gasteiger partial charge in [-0.2, -0.15) is 0 Å². The van der Waals surface area contributed by atoms with Gasteiger partial charge in [-0.25, -0.2) is 0 Å². The minimum absolute atomic E-state index is 0.915. The molecule has 0 saturated heterocycles. The second-order valence-corrected chi connectivity index (χ2v) is 2.40. The zero-order valence-electron chi connectivity index (χ0n) is 7.93. The van der Waals surface area contributed by atoms with E-state index in [4.69, 9.17) is 0 Å². The molecule has 0 radical (unpaired) electrons. The summed E-state index contributed by atoms with van der Waals surface area (Å²) >= 11 is 0. The minimum Gasteiger partial charge on any atom is -0.388 e. The molecule has 0 aliphatic carbocycles. The molecule has 1 N–H and O–H groups in total. The lowest BCUT2D eigenvalue weighted by molar-refractivity contribution is 1.02. The van der Waals surface area contributed by atoms with Crippen molar-refractivity contribution in [2.24, 2.45) is 0 Å². The Labute approximate surface area is 75.2 Å². The summed E-state index contributed by atoms with van der Waals surface area (Å²) in [6.45, 7) is 9.60. The molecule has 0 heterocycles. The Morgan fingerprint density at radius 2 is 2.17 bits per heavy atom. The van der Waals surface area contributed by atoms with Crippen LogP contribution in [-0.4, -0.2) is 7.05 Å². The fourth-order valence-corrected chi connectivity index (χ4v) is 0.761. The predicted octanol–water partition coefficient (Wildman–Crippen LogP) is 2.80. The van der Waals surface area contributed by atoms with E-state index < -0.39 is 0 Å². The first-order valence-corrected chi connectivity index (χ1v) is 4.12. The van der Waals surface area contributed by atoms with Crippen molar-refractivity contribution in [3.05, 3.63) is 48.7 Å². The monoisotopic (exact) mass is 163 g/mol. The molecule has 12 heavy (non-hydrogen) atoms. The Morgan fingerprint density at radius 3 is 2.58 bits per heavy atom. The van der Waals surface area contributed by atoms with Gasteiger partial charge in [0.05, 0.1) is 0 Å². The summed E-state index contributed by atoms with van der Waals surface area (Å²) in [5.74, 6) is 0. The number of rotatable bonds is 5. The molecule has 0 fully saturated rings. The number of hydrogen-bond donors (Lipinski definition) is 1. The third kappa shape index (κ3) is 3.81. The van der Waals surface area contributed by atoms with E-state index in [1.54, 1.807) is 6.08 Å². The molecule has 0 saturated carbocycles. The second-order valence-electron chi connectivity index (χ2n) is 2.40. The maximum atomic E-state index is 3.84. The maximum absolute atomic E-state index is 3.84. The highest BCUT2D eigenvalue weighted by Crippen LogP contribution is 2.04. The first-order valence-electron chi connectivity index (χ1n) is 4.12. The van der Waals surface area contributed by atoms with E-state index in [1.807, 2.05) is 19.2 Å². The molecule has 1 nitrogen and oxygen atoms in total. The van der Waals surface area contributed by atoms with Crippen LogP contribution in [0.5, 0.6) is 0 Å². The molecular formula is C11H17N. The topological polar surface area (TPSA) is 12.0 Å². The first kappa shape index (κ1) is 10.8. The molecule has 0 aromatic carbocycles. The lowest BCUT2D eigenvalue weighted by atomic mass is 10.2. The van der Waals surface area contributed by atoms with E-state index in [-0.39, 0.29) is 0 Å². The average molecular weight is 163 g/mol. The Hall–Kier alpha value is -1.24.